The van der Waals surface area contributed by atoms with E-state index in [1.54, 1.807) is 25.1 Å². The molecule has 2 aromatic carbocycles. The molecule has 3 heterocycles. The van der Waals surface area contributed by atoms with Crippen molar-refractivity contribution < 1.29 is 32.7 Å². The highest BCUT2D eigenvalue weighted by Crippen LogP contribution is 2.30. The number of aldehydes is 1. The number of nitrogens with zero attached hydrogens (tertiary/aromatic N) is 2. The number of rotatable bonds is 9. The SMILES string of the molecule is Cc1cc(CC(=O)N2C[C@@H](N3C[C@@H](C)O[C@@H](C)C3)C[C@H]2CO[C@H]2CC[C@H](C=O)CC2)c(F)cc1NC(=O)c1coc2ccccc12. The molecule has 0 spiro atoms. The molecule has 3 fully saturated rings. The molecule has 46 heavy (non-hydrogen) atoms. The molecule has 1 aliphatic carbocycles. The van der Waals surface area contributed by atoms with Gasteiger partial charge in [-0.1, -0.05) is 24.3 Å². The lowest BCUT2D eigenvalue weighted by Gasteiger charge is -2.38. The van der Waals surface area contributed by atoms with E-state index in [4.69, 9.17) is 13.9 Å². The summed E-state index contributed by atoms with van der Waals surface area (Å²) in [6.07, 6.45) is 6.80. The number of para-hydroxylation sites is 1. The molecule has 3 aliphatic rings. The average Bonchev–Trinajstić information content (AvgIpc) is 3.67. The van der Waals surface area contributed by atoms with Gasteiger partial charge in [-0.3, -0.25) is 14.5 Å². The Hall–Kier alpha value is -3.60. The molecule has 1 N–H and O–H groups in total. The van der Waals surface area contributed by atoms with Gasteiger partial charge in [0.25, 0.3) is 5.91 Å². The molecule has 2 amide bonds. The van der Waals surface area contributed by atoms with Crippen LogP contribution in [0, 0.1) is 18.7 Å². The third-order valence-electron chi connectivity index (χ3n) is 9.82. The van der Waals surface area contributed by atoms with Crippen molar-refractivity contribution in [2.45, 2.75) is 89.7 Å². The Morgan fingerprint density at radius 2 is 1.80 bits per heavy atom. The third kappa shape index (κ3) is 7.19. The molecule has 6 rings (SSSR count). The Morgan fingerprint density at radius 1 is 1.07 bits per heavy atom. The zero-order chi connectivity index (χ0) is 32.4. The van der Waals surface area contributed by atoms with Crippen molar-refractivity contribution in [1.82, 2.24) is 9.80 Å². The van der Waals surface area contributed by atoms with Crippen molar-refractivity contribution in [2.24, 2.45) is 5.92 Å². The lowest BCUT2D eigenvalue weighted by Crippen LogP contribution is -2.51. The second-order valence-corrected chi connectivity index (χ2v) is 13.3. The third-order valence-corrected chi connectivity index (χ3v) is 9.82. The first-order chi connectivity index (χ1) is 22.2. The van der Waals surface area contributed by atoms with Crippen LogP contribution in [-0.4, -0.2) is 84.5 Å². The smallest absolute Gasteiger partial charge is 0.259 e. The van der Waals surface area contributed by atoms with Gasteiger partial charge in [-0.15, -0.1) is 0 Å². The molecule has 3 aromatic rings. The minimum absolute atomic E-state index is 0.0820. The Bertz CT molecular complexity index is 1560. The molecule has 9 nitrogen and oxygen atoms in total. The van der Waals surface area contributed by atoms with Crippen LogP contribution in [0.5, 0.6) is 0 Å². The van der Waals surface area contributed by atoms with Gasteiger partial charge in [0.15, 0.2) is 0 Å². The Labute approximate surface area is 269 Å². The average molecular weight is 634 g/mol. The summed E-state index contributed by atoms with van der Waals surface area (Å²) in [5, 5.41) is 3.48. The number of ether oxygens (including phenoxy) is 2. The Balaban J connectivity index is 1.14. The van der Waals surface area contributed by atoms with Crippen molar-refractivity contribution in [3.05, 3.63) is 65.2 Å². The van der Waals surface area contributed by atoms with Crippen LogP contribution in [0.4, 0.5) is 10.1 Å². The molecule has 10 heteroatoms. The molecule has 0 bridgehead atoms. The van der Waals surface area contributed by atoms with E-state index >= 15 is 4.39 Å². The number of halogens is 1. The van der Waals surface area contributed by atoms with Gasteiger partial charge in [-0.25, -0.2) is 4.39 Å². The highest BCUT2D eigenvalue weighted by atomic mass is 19.1. The number of morpholine rings is 1. The maximum Gasteiger partial charge on any atom is 0.259 e. The minimum Gasteiger partial charge on any atom is -0.463 e. The standard InChI is InChI=1S/C36H44FN3O6/c1-22-12-26(32(37)15-33(22)38-36(43)31-21-45-34-7-5-4-6-30(31)34)13-35(42)40-18-27(39-16-23(2)46-24(3)17-39)14-28(40)20-44-29-10-8-25(19-41)9-11-29/h4-7,12,15,19,21,23-25,27-29H,8-11,13-14,16-18,20H2,1-3H3,(H,38,43)/t23-,24+,25-,27-,28-,29-/m0/s1. The molecular formula is C36H44FN3O6. The summed E-state index contributed by atoms with van der Waals surface area (Å²) in [5.74, 6) is -0.969. The second kappa shape index (κ2) is 14.0. The topological polar surface area (TPSA) is 101 Å². The van der Waals surface area contributed by atoms with Crippen molar-refractivity contribution in [1.29, 1.82) is 0 Å². The van der Waals surface area contributed by atoms with Crippen LogP contribution in [0.3, 0.4) is 0 Å². The number of furan rings is 1. The molecule has 2 aliphatic heterocycles. The van der Waals surface area contributed by atoms with Crippen molar-refractivity contribution in [2.75, 3.05) is 31.6 Å². The first-order valence-electron chi connectivity index (χ1n) is 16.5. The fraction of sp³-hybridized carbons (Fsp3) is 0.528. The lowest BCUT2D eigenvalue weighted by molar-refractivity contribution is -0.133. The van der Waals surface area contributed by atoms with Gasteiger partial charge < -0.3 is 28.9 Å². The largest absolute Gasteiger partial charge is 0.463 e. The van der Waals surface area contributed by atoms with Gasteiger partial charge in [0.05, 0.1) is 42.9 Å². The van der Waals surface area contributed by atoms with Crippen LogP contribution in [0.15, 0.2) is 47.1 Å². The highest BCUT2D eigenvalue weighted by Gasteiger charge is 2.40. The number of carbonyl (C=O) groups excluding carboxylic acids is 3. The van der Waals surface area contributed by atoms with Crippen molar-refractivity contribution in [3.8, 4) is 0 Å². The quantitative estimate of drug-likeness (QED) is 0.310. The number of likely N-dealkylation sites (tertiary alicyclic amines) is 1. The summed E-state index contributed by atoms with van der Waals surface area (Å²) in [7, 11) is 0. The molecular weight excluding hydrogens is 589 g/mol. The predicted octanol–water partition coefficient (Wildman–Crippen LogP) is 5.53. The number of amides is 2. The molecule has 1 saturated carbocycles. The van der Waals surface area contributed by atoms with Gasteiger partial charge in [0.2, 0.25) is 5.91 Å². The number of carbonyl (C=O) groups is 3. The molecule has 0 radical (unpaired) electrons. The zero-order valence-corrected chi connectivity index (χ0v) is 26.9. The summed E-state index contributed by atoms with van der Waals surface area (Å²) in [5.41, 5.74) is 2.26. The second-order valence-electron chi connectivity index (χ2n) is 13.3. The number of anilines is 1. The van der Waals surface area contributed by atoms with Crippen LogP contribution in [0.1, 0.15) is 67.4 Å². The predicted molar refractivity (Wildman–Crippen MR) is 172 cm³/mol. The first-order valence-corrected chi connectivity index (χ1v) is 16.5. The van der Waals surface area contributed by atoms with Crippen molar-refractivity contribution in [3.63, 3.8) is 0 Å². The Kier molecular flexibility index (Phi) is 9.86. The number of fused-ring (bicyclic) bond motifs is 1. The number of aryl methyl sites for hydroxylation is 1. The summed E-state index contributed by atoms with van der Waals surface area (Å²) in [6, 6.07) is 10.2. The minimum atomic E-state index is -0.544. The molecule has 0 unspecified atom stereocenters. The zero-order valence-electron chi connectivity index (χ0n) is 26.9. The number of benzene rings is 2. The molecule has 246 valence electrons. The van der Waals surface area contributed by atoms with E-state index < -0.39 is 11.7 Å². The fourth-order valence-electron chi connectivity index (χ4n) is 7.39. The van der Waals surface area contributed by atoms with E-state index in [1.807, 2.05) is 17.0 Å². The van der Waals surface area contributed by atoms with Gasteiger partial charge in [0.1, 0.15) is 23.9 Å². The van der Waals surface area contributed by atoms with E-state index in [-0.39, 0.29) is 54.2 Å². The fourth-order valence-corrected chi connectivity index (χ4v) is 7.39. The van der Waals surface area contributed by atoms with Gasteiger partial charge in [0, 0.05) is 42.7 Å². The van der Waals surface area contributed by atoms with Gasteiger partial charge in [-0.05, 0) is 76.1 Å². The first kappa shape index (κ1) is 32.3. The van der Waals surface area contributed by atoms with E-state index in [0.717, 1.165) is 51.5 Å². The molecule has 2 saturated heterocycles. The summed E-state index contributed by atoms with van der Waals surface area (Å²) in [6.45, 7) is 8.52. The number of nitrogens with one attached hydrogen (secondary N) is 1. The van der Waals surface area contributed by atoms with Crippen molar-refractivity contribution >= 4 is 34.8 Å². The number of hydrogen-bond acceptors (Lipinski definition) is 7. The maximum atomic E-state index is 15.5. The molecule has 4 atom stereocenters. The van der Waals surface area contributed by atoms with Gasteiger partial charge in [-0.2, -0.15) is 0 Å². The van der Waals surface area contributed by atoms with E-state index in [9.17, 15) is 14.4 Å². The van der Waals surface area contributed by atoms with Crippen LogP contribution in [-0.2, 0) is 25.5 Å². The van der Waals surface area contributed by atoms with E-state index in [0.29, 0.717) is 40.9 Å². The van der Waals surface area contributed by atoms with Crippen LogP contribution < -0.4 is 5.32 Å². The normalized spacial score (nSPS) is 27.2. The summed E-state index contributed by atoms with van der Waals surface area (Å²) in [4.78, 5) is 42.4. The van der Waals surface area contributed by atoms with Crippen LogP contribution >= 0.6 is 0 Å². The van der Waals surface area contributed by atoms with Crippen LogP contribution in [0.2, 0.25) is 0 Å². The maximum absolute atomic E-state index is 15.5. The monoisotopic (exact) mass is 633 g/mol. The summed E-state index contributed by atoms with van der Waals surface area (Å²) >= 11 is 0. The van der Waals surface area contributed by atoms with Crippen LogP contribution in [0.25, 0.3) is 11.0 Å². The summed E-state index contributed by atoms with van der Waals surface area (Å²) < 4.78 is 33.3. The van der Waals surface area contributed by atoms with E-state index in [2.05, 4.69) is 24.1 Å². The number of hydrogen-bond donors (Lipinski definition) is 1. The highest BCUT2D eigenvalue weighted by molar-refractivity contribution is 6.12. The molecule has 1 aromatic heterocycles. The Morgan fingerprint density at radius 3 is 2.54 bits per heavy atom. The lowest BCUT2D eigenvalue weighted by atomic mass is 9.88. The van der Waals surface area contributed by atoms with Gasteiger partial charge >= 0.3 is 0 Å². The van der Waals surface area contributed by atoms with E-state index in [1.165, 1.54) is 12.3 Å².